The van der Waals surface area contributed by atoms with Gasteiger partial charge in [0.05, 0.1) is 16.9 Å². The first-order chi connectivity index (χ1) is 9.08. The minimum absolute atomic E-state index is 0.275. The molecule has 0 atom stereocenters. The Morgan fingerprint density at radius 3 is 2.74 bits per heavy atom. The van der Waals surface area contributed by atoms with E-state index >= 15 is 0 Å². The van der Waals surface area contributed by atoms with E-state index in [0.717, 1.165) is 18.8 Å². The number of anilines is 2. The zero-order chi connectivity index (χ0) is 13.8. The fraction of sp³-hybridized carbons (Fsp3) is 0.500. The van der Waals surface area contributed by atoms with E-state index in [1.807, 2.05) is 11.9 Å². The summed E-state index contributed by atoms with van der Waals surface area (Å²) in [5.41, 5.74) is 7.61. The van der Waals surface area contributed by atoms with Gasteiger partial charge in [0.15, 0.2) is 0 Å². The Bertz CT molecular complexity index is 456. The van der Waals surface area contributed by atoms with Crippen molar-refractivity contribution in [2.24, 2.45) is 0 Å². The topological polar surface area (TPSA) is 69.8 Å². The number of nitrogen functional groups attached to an aromatic ring is 1. The van der Waals surface area contributed by atoms with Gasteiger partial charge in [-0.3, -0.25) is 0 Å². The molecule has 1 fully saturated rings. The average Bonchev–Trinajstić information content (AvgIpc) is 2.89. The first kappa shape index (κ1) is 13.7. The Balaban J connectivity index is 2.02. The fourth-order valence-corrected chi connectivity index (χ4v) is 2.43. The number of rotatable bonds is 5. The summed E-state index contributed by atoms with van der Waals surface area (Å²) in [5.74, 6) is -0.922. The van der Waals surface area contributed by atoms with E-state index < -0.39 is 5.97 Å². The first-order valence-corrected chi connectivity index (χ1v) is 6.64. The minimum atomic E-state index is -0.922. The molecule has 19 heavy (non-hydrogen) atoms. The molecule has 104 valence electrons. The molecule has 1 aromatic rings. The van der Waals surface area contributed by atoms with Crippen LogP contribution in [0.4, 0.5) is 11.4 Å². The molecule has 0 amide bonds. The second kappa shape index (κ2) is 5.93. The third kappa shape index (κ3) is 3.38. The summed E-state index contributed by atoms with van der Waals surface area (Å²) in [6.45, 7) is 4.18. The van der Waals surface area contributed by atoms with E-state index in [9.17, 15) is 4.79 Å². The Hall–Kier alpha value is -1.75. The third-order valence-electron chi connectivity index (χ3n) is 3.64. The van der Waals surface area contributed by atoms with Crippen LogP contribution in [0.2, 0.25) is 0 Å². The standard InChI is InChI=1S/C14H21N3O2/c1-16(8-9-17-6-2-3-7-17)13-10-11(14(18)19)4-5-12(13)15/h4-5,10H,2-3,6-9,15H2,1H3,(H,18,19). The van der Waals surface area contributed by atoms with Crippen molar-refractivity contribution in [1.82, 2.24) is 4.90 Å². The van der Waals surface area contributed by atoms with Gasteiger partial charge in [0.2, 0.25) is 0 Å². The summed E-state index contributed by atoms with van der Waals surface area (Å²) in [4.78, 5) is 15.4. The van der Waals surface area contributed by atoms with Gasteiger partial charge in [-0.25, -0.2) is 4.79 Å². The summed E-state index contributed by atoms with van der Waals surface area (Å²) in [6, 6.07) is 4.84. The number of likely N-dealkylation sites (N-methyl/N-ethyl adjacent to an activating group) is 1. The van der Waals surface area contributed by atoms with Gasteiger partial charge in [0.25, 0.3) is 0 Å². The third-order valence-corrected chi connectivity index (χ3v) is 3.64. The maximum atomic E-state index is 11.0. The highest BCUT2D eigenvalue weighted by atomic mass is 16.4. The van der Waals surface area contributed by atoms with Crippen LogP contribution in [0.25, 0.3) is 0 Å². The van der Waals surface area contributed by atoms with Crippen LogP contribution in [-0.4, -0.2) is 49.2 Å². The number of benzene rings is 1. The summed E-state index contributed by atoms with van der Waals surface area (Å²) >= 11 is 0. The van der Waals surface area contributed by atoms with Crippen molar-refractivity contribution in [2.75, 3.05) is 43.9 Å². The Morgan fingerprint density at radius 1 is 1.42 bits per heavy atom. The fourth-order valence-electron chi connectivity index (χ4n) is 2.43. The van der Waals surface area contributed by atoms with Crippen LogP contribution < -0.4 is 10.6 Å². The summed E-state index contributed by atoms with van der Waals surface area (Å²) < 4.78 is 0. The molecule has 1 heterocycles. The van der Waals surface area contributed by atoms with Crippen molar-refractivity contribution in [3.63, 3.8) is 0 Å². The zero-order valence-electron chi connectivity index (χ0n) is 11.3. The summed E-state index contributed by atoms with van der Waals surface area (Å²) in [7, 11) is 1.95. The normalized spacial score (nSPS) is 15.6. The Labute approximate surface area is 113 Å². The highest BCUT2D eigenvalue weighted by Gasteiger charge is 2.14. The van der Waals surface area contributed by atoms with Crippen molar-refractivity contribution in [1.29, 1.82) is 0 Å². The molecule has 0 unspecified atom stereocenters. The van der Waals surface area contributed by atoms with Crippen LogP contribution in [-0.2, 0) is 0 Å². The molecule has 5 nitrogen and oxygen atoms in total. The molecule has 0 aliphatic carbocycles. The monoisotopic (exact) mass is 263 g/mol. The largest absolute Gasteiger partial charge is 0.478 e. The van der Waals surface area contributed by atoms with Crippen molar-refractivity contribution >= 4 is 17.3 Å². The molecule has 0 radical (unpaired) electrons. The van der Waals surface area contributed by atoms with Crippen LogP contribution >= 0.6 is 0 Å². The lowest BCUT2D eigenvalue weighted by Gasteiger charge is -2.24. The van der Waals surface area contributed by atoms with Crippen molar-refractivity contribution in [2.45, 2.75) is 12.8 Å². The highest BCUT2D eigenvalue weighted by Crippen LogP contribution is 2.23. The number of nitrogens with two attached hydrogens (primary N) is 1. The smallest absolute Gasteiger partial charge is 0.335 e. The second-order valence-electron chi connectivity index (χ2n) is 5.05. The maximum absolute atomic E-state index is 11.0. The van der Waals surface area contributed by atoms with Crippen LogP contribution in [0, 0.1) is 0 Å². The predicted octanol–water partition coefficient (Wildman–Crippen LogP) is 1.50. The van der Waals surface area contributed by atoms with Gasteiger partial charge in [-0.05, 0) is 44.1 Å². The van der Waals surface area contributed by atoms with Gasteiger partial charge >= 0.3 is 5.97 Å². The highest BCUT2D eigenvalue weighted by molar-refractivity contribution is 5.90. The molecule has 1 saturated heterocycles. The Morgan fingerprint density at radius 2 is 2.11 bits per heavy atom. The predicted molar refractivity (Wildman–Crippen MR) is 76.8 cm³/mol. The molecule has 0 spiro atoms. The van der Waals surface area contributed by atoms with Gasteiger partial charge in [0.1, 0.15) is 0 Å². The molecule has 3 N–H and O–H groups in total. The SMILES string of the molecule is CN(CCN1CCCC1)c1cc(C(=O)O)ccc1N. The number of aromatic carboxylic acids is 1. The van der Waals surface area contributed by atoms with Gasteiger partial charge in [0, 0.05) is 20.1 Å². The number of carboxylic acids is 1. The molecule has 5 heteroatoms. The van der Waals surface area contributed by atoms with E-state index in [2.05, 4.69) is 4.90 Å². The maximum Gasteiger partial charge on any atom is 0.335 e. The average molecular weight is 263 g/mol. The second-order valence-corrected chi connectivity index (χ2v) is 5.05. The van der Waals surface area contributed by atoms with E-state index in [-0.39, 0.29) is 5.56 Å². The number of carboxylic acid groups (broad SMARTS) is 1. The van der Waals surface area contributed by atoms with E-state index in [0.29, 0.717) is 5.69 Å². The first-order valence-electron chi connectivity index (χ1n) is 6.64. The van der Waals surface area contributed by atoms with Crippen LogP contribution in [0.5, 0.6) is 0 Å². The molecule has 1 aromatic carbocycles. The molecular formula is C14H21N3O2. The Kier molecular flexibility index (Phi) is 4.27. The number of hydrogen-bond acceptors (Lipinski definition) is 4. The van der Waals surface area contributed by atoms with Gasteiger partial charge in [-0.2, -0.15) is 0 Å². The molecule has 2 rings (SSSR count). The van der Waals surface area contributed by atoms with E-state index in [4.69, 9.17) is 10.8 Å². The number of nitrogens with zero attached hydrogens (tertiary/aromatic N) is 2. The van der Waals surface area contributed by atoms with Crippen molar-refractivity contribution in [3.05, 3.63) is 23.8 Å². The van der Waals surface area contributed by atoms with E-state index in [1.54, 1.807) is 12.1 Å². The molecule has 0 bridgehead atoms. The zero-order valence-corrected chi connectivity index (χ0v) is 11.3. The number of hydrogen-bond donors (Lipinski definition) is 2. The van der Waals surface area contributed by atoms with Crippen LogP contribution in [0.3, 0.4) is 0 Å². The van der Waals surface area contributed by atoms with Crippen molar-refractivity contribution in [3.8, 4) is 0 Å². The lowest BCUT2D eigenvalue weighted by Crippen LogP contribution is -2.31. The lowest BCUT2D eigenvalue weighted by molar-refractivity contribution is 0.0697. The lowest BCUT2D eigenvalue weighted by atomic mass is 10.1. The molecule has 0 saturated carbocycles. The van der Waals surface area contributed by atoms with E-state index in [1.165, 1.54) is 32.0 Å². The quantitative estimate of drug-likeness (QED) is 0.788. The molecule has 1 aliphatic heterocycles. The molecule has 0 aromatic heterocycles. The van der Waals surface area contributed by atoms with Gasteiger partial charge < -0.3 is 20.6 Å². The molecule has 1 aliphatic rings. The van der Waals surface area contributed by atoms with Crippen LogP contribution in [0.1, 0.15) is 23.2 Å². The van der Waals surface area contributed by atoms with Crippen LogP contribution in [0.15, 0.2) is 18.2 Å². The van der Waals surface area contributed by atoms with Gasteiger partial charge in [-0.1, -0.05) is 0 Å². The minimum Gasteiger partial charge on any atom is -0.478 e. The summed E-state index contributed by atoms with van der Waals surface area (Å²) in [6.07, 6.45) is 2.56. The number of carbonyl (C=O) groups is 1. The summed E-state index contributed by atoms with van der Waals surface area (Å²) in [5, 5.41) is 9.02. The van der Waals surface area contributed by atoms with Crippen molar-refractivity contribution < 1.29 is 9.90 Å². The van der Waals surface area contributed by atoms with Gasteiger partial charge in [-0.15, -0.1) is 0 Å². The number of likely N-dealkylation sites (tertiary alicyclic amines) is 1. The molecular weight excluding hydrogens is 242 g/mol.